The number of amides is 1. The summed E-state index contributed by atoms with van der Waals surface area (Å²) >= 11 is 0. The SMILES string of the molecule is CC(NC(=O)c1ccnc(N)c1)c1ccc(OCC(F)(F)F)nc1. The molecule has 0 aliphatic heterocycles. The number of nitrogens with zero attached hydrogens (tertiary/aromatic N) is 2. The highest BCUT2D eigenvalue weighted by atomic mass is 19.4. The van der Waals surface area contributed by atoms with E-state index in [0.29, 0.717) is 11.1 Å². The molecule has 2 aromatic heterocycles. The Kier molecular flexibility index (Phi) is 5.22. The van der Waals surface area contributed by atoms with Gasteiger partial charge in [-0.3, -0.25) is 4.79 Å². The Morgan fingerprint density at radius 1 is 1.33 bits per heavy atom. The number of alkyl halides is 3. The topological polar surface area (TPSA) is 90.1 Å². The van der Waals surface area contributed by atoms with Gasteiger partial charge in [0.15, 0.2) is 6.61 Å². The molecule has 0 aliphatic carbocycles. The van der Waals surface area contributed by atoms with E-state index < -0.39 is 18.8 Å². The average Bonchev–Trinajstić information content (AvgIpc) is 2.52. The minimum Gasteiger partial charge on any atom is -0.468 e. The molecule has 0 saturated carbocycles. The largest absolute Gasteiger partial charge is 0.468 e. The first-order chi connectivity index (χ1) is 11.2. The second-order valence-corrected chi connectivity index (χ2v) is 5.00. The van der Waals surface area contributed by atoms with Crippen molar-refractivity contribution in [2.24, 2.45) is 0 Å². The third kappa shape index (κ3) is 5.11. The molecular weight excluding hydrogens is 325 g/mol. The lowest BCUT2D eigenvalue weighted by Crippen LogP contribution is -2.27. The van der Waals surface area contributed by atoms with Crippen LogP contribution in [0.4, 0.5) is 19.0 Å². The van der Waals surface area contributed by atoms with Gasteiger partial charge in [-0.25, -0.2) is 9.97 Å². The quantitative estimate of drug-likeness (QED) is 0.873. The zero-order chi connectivity index (χ0) is 17.7. The fraction of sp³-hybridized carbons (Fsp3) is 0.267. The summed E-state index contributed by atoms with van der Waals surface area (Å²) in [7, 11) is 0. The second-order valence-electron chi connectivity index (χ2n) is 5.00. The molecule has 0 saturated heterocycles. The first-order valence-electron chi connectivity index (χ1n) is 6.92. The van der Waals surface area contributed by atoms with Gasteiger partial charge in [0.25, 0.3) is 5.91 Å². The second kappa shape index (κ2) is 7.16. The number of nitrogens with one attached hydrogen (secondary N) is 1. The minimum atomic E-state index is -4.42. The van der Waals surface area contributed by atoms with Gasteiger partial charge in [-0.2, -0.15) is 13.2 Å². The maximum atomic E-state index is 12.1. The van der Waals surface area contributed by atoms with Crippen molar-refractivity contribution >= 4 is 11.7 Å². The molecule has 2 rings (SSSR count). The van der Waals surface area contributed by atoms with Crippen LogP contribution in [-0.4, -0.2) is 28.7 Å². The molecule has 9 heteroatoms. The maximum absolute atomic E-state index is 12.1. The van der Waals surface area contributed by atoms with E-state index in [1.54, 1.807) is 6.92 Å². The lowest BCUT2D eigenvalue weighted by molar-refractivity contribution is -0.154. The first kappa shape index (κ1) is 17.5. The molecule has 128 valence electrons. The van der Waals surface area contributed by atoms with Crippen LogP contribution < -0.4 is 15.8 Å². The molecule has 0 bridgehead atoms. The smallest absolute Gasteiger partial charge is 0.422 e. The van der Waals surface area contributed by atoms with Gasteiger partial charge in [-0.05, 0) is 24.6 Å². The Labute approximate surface area is 135 Å². The van der Waals surface area contributed by atoms with Crippen LogP contribution in [0.5, 0.6) is 5.88 Å². The third-order valence-corrected chi connectivity index (χ3v) is 3.03. The first-order valence-corrected chi connectivity index (χ1v) is 6.92. The zero-order valence-electron chi connectivity index (χ0n) is 12.7. The van der Waals surface area contributed by atoms with Crippen molar-refractivity contribution in [1.82, 2.24) is 15.3 Å². The summed E-state index contributed by atoms with van der Waals surface area (Å²) in [5.41, 5.74) is 6.49. The molecule has 0 fully saturated rings. The molecule has 6 nitrogen and oxygen atoms in total. The van der Waals surface area contributed by atoms with E-state index >= 15 is 0 Å². The van der Waals surface area contributed by atoms with Crippen LogP contribution in [0.2, 0.25) is 0 Å². The lowest BCUT2D eigenvalue weighted by Gasteiger charge is -2.15. The normalized spacial score (nSPS) is 12.5. The summed E-state index contributed by atoms with van der Waals surface area (Å²) in [6, 6.07) is 5.40. The zero-order valence-corrected chi connectivity index (χ0v) is 12.7. The van der Waals surface area contributed by atoms with Crippen molar-refractivity contribution in [2.75, 3.05) is 12.3 Å². The van der Waals surface area contributed by atoms with E-state index in [0.717, 1.165) is 0 Å². The Bertz CT molecular complexity index is 705. The summed E-state index contributed by atoms with van der Waals surface area (Å²) in [6.45, 7) is 0.310. The predicted octanol–water partition coefficient (Wildman–Crippen LogP) is 2.49. The van der Waals surface area contributed by atoms with Crippen molar-refractivity contribution in [2.45, 2.75) is 19.1 Å². The molecule has 0 radical (unpaired) electrons. The Morgan fingerprint density at radius 3 is 2.67 bits per heavy atom. The number of hydrogen-bond acceptors (Lipinski definition) is 5. The van der Waals surface area contributed by atoms with Gasteiger partial charge in [0.1, 0.15) is 5.82 Å². The number of carbonyl (C=O) groups is 1. The summed E-state index contributed by atoms with van der Waals surface area (Å²) in [4.78, 5) is 19.7. The molecule has 0 aromatic carbocycles. The maximum Gasteiger partial charge on any atom is 0.422 e. The molecule has 2 aromatic rings. The lowest BCUT2D eigenvalue weighted by atomic mass is 10.1. The fourth-order valence-electron chi connectivity index (χ4n) is 1.84. The van der Waals surface area contributed by atoms with Gasteiger partial charge in [-0.15, -0.1) is 0 Å². The number of rotatable bonds is 5. The van der Waals surface area contributed by atoms with Crippen molar-refractivity contribution in [1.29, 1.82) is 0 Å². The summed E-state index contributed by atoms with van der Waals surface area (Å²) in [6.07, 6.45) is -1.66. The molecule has 24 heavy (non-hydrogen) atoms. The standard InChI is InChI=1S/C15H15F3N4O2/c1-9(22-14(23)10-4-5-20-12(19)6-10)11-2-3-13(21-7-11)24-8-15(16,17)18/h2-7,9H,8H2,1H3,(H2,19,20)(H,22,23). The number of nitrogen functional groups attached to an aromatic ring is 1. The molecule has 1 unspecified atom stereocenters. The monoisotopic (exact) mass is 340 g/mol. The van der Waals surface area contributed by atoms with Crippen LogP contribution in [0, 0.1) is 0 Å². The number of carbonyl (C=O) groups excluding carboxylic acids is 1. The summed E-state index contributed by atoms with van der Waals surface area (Å²) in [5, 5.41) is 2.73. The van der Waals surface area contributed by atoms with Gasteiger partial charge < -0.3 is 15.8 Å². The van der Waals surface area contributed by atoms with Crippen LogP contribution in [-0.2, 0) is 0 Å². The van der Waals surface area contributed by atoms with Crippen molar-refractivity contribution in [3.8, 4) is 5.88 Å². The van der Waals surface area contributed by atoms with Crippen LogP contribution in [0.1, 0.15) is 28.9 Å². The number of pyridine rings is 2. The molecule has 3 N–H and O–H groups in total. The van der Waals surface area contributed by atoms with Crippen molar-refractivity contribution in [3.63, 3.8) is 0 Å². The molecule has 1 amide bonds. The molecule has 2 heterocycles. The van der Waals surface area contributed by atoms with Gasteiger partial charge in [0, 0.05) is 24.0 Å². The summed E-state index contributed by atoms with van der Waals surface area (Å²) < 4.78 is 40.7. The van der Waals surface area contributed by atoms with Crippen LogP contribution in [0.3, 0.4) is 0 Å². The van der Waals surface area contributed by atoms with Crippen molar-refractivity contribution < 1.29 is 22.7 Å². The average molecular weight is 340 g/mol. The fourth-order valence-corrected chi connectivity index (χ4v) is 1.84. The van der Waals surface area contributed by atoms with Crippen LogP contribution in [0.15, 0.2) is 36.7 Å². The van der Waals surface area contributed by atoms with Crippen LogP contribution >= 0.6 is 0 Å². The van der Waals surface area contributed by atoms with Crippen LogP contribution in [0.25, 0.3) is 0 Å². The highest BCUT2D eigenvalue weighted by Gasteiger charge is 2.28. The van der Waals surface area contributed by atoms with E-state index in [-0.39, 0.29) is 17.6 Å². The van der Waals surface area contributed by atoms with Gasteiger partial charge in [0.2, 0.25) is 5.88 Å². The molecule has 0 aliphatic rings. The number of aromatic nitrogens is 2. The molecule has 0 spiro atoms. The number of anilines is 1. The van der Waals surface area contributed by atoms with E-state index in [1.807, 2.05) is 0 Å². The molecular formula is C15H15F3N4O2. The Hall–Kier alpha value is -2.84. The number of halogens is 3. The molecule has 1 atom stereocenters. The van der Waals surface area contributed by atoms with Gasteiger partial charge >= 0.3 is 6.18 Å². The van der Waals surface area contributed by atoms with Crippen molar-refractivity contribution in [3.05, 3.63) is 47.8 Å². The Morgan fingerprint density at radius 2 is 2.08 bits per heavy atom. The number of nitrogens with two attached hydrogens (primary N) is 1. The van der Waals surface area contributed by atoms with E-state index in [1.165, 1.54) is 36.7 Å². The summed E-state index contributed by atoms with van der Waals surface area (Å²) in [5.74, 6) is -0.270. The van der Waals surface area contributed by atoms with E-state index in [9.17, 15) is 18.0 Å². The van der Waals surface area contributed by atoms with E-state index in [2.05, 4.69) is 20.0 Å². The Balaban J connectivity index is 1.97. The highest BCUT2D eigenvalue weighted by Crippen LogP contribution is 2.19. The predicted molar refractivity (Wildman–Crippen MR) is 80.3 cm³/mol. The third-order valence-electron chi connectivity index (χ3n) is 3.03. The van der Waals surface area contributed by atoms with E-state index in [4.69, 9.17) is 5.73 Å². The minimum absolute atomic E-state index is 0.142. The highest BCUT2D eigenvalue weighted by molar-refractivity contribution is 5.94. The van der Waals surface area contributed by atoms with Gasteiger partial charge in [-0.1, -0.05) is 6.07 Å². The number of ether oxygens (including phenoxy) is 1. The van der Waals surface area contributed by atoms with Gasteiger partial charge in [0.05, 0.1) is 6.04 Å². The number of hydrogen-bond donors (Lipinski definition) is 2.